The molecule has 0 saturated carbocycles. The molecule has 0 aromatic carbocycles. The highest BCUT2D eigenvalue weighted by Gasteiger charge is 2.18. The van der Waals surface area contributed by atoms with Gasteiger partial charge in [0.05, 0.1) is 5.75 Å². The van der Waals surface area contributed by atoms with Crippen molar-refractivity contribution in [2.75, 3.05) is 25.9 Å². The van der Waals surface area contributed by atoms with Gasteiger partial charge in [-0.05, 0) is 26.3 Å². The summed E-state index contributed by atoms with van der Waals surface area (Å²) in [6, 6.07) is 0.581. The molecule has 1 N–H and O–H groups in total. The van der Waals surface area contributed by atoms with E-state index in [1.807, 2.05) is 11.9 Å². The summed E-state index contributed by atoms with van der Waals surface area (Å²) in [5, 5.41) is 3.26. The SMILES string of the molecule is CNC1CCCN(C(=O)CS)CC1. The van der Waals surface area contributed by atoms with Crippen molar-refractivity contribution >= 4 is 18.5 Å². The Morgan fingerprint density at radius 1 is 1.54 bits per heavy atom. The van der Waals surface area contributed by atoms with Crippen LogP contribution in [0.3, 0.4) is 0 Å². The van der Waals surface area contributed by atoms with Crippen LogP contribution in [0.2, 0.25) is 0 Å². The Hall–Kier alpha value is -0.220. The number of rotatable bonds is 2. The second kappa shape index (κ2) is 5.50. The van der Waals surface area contributed by atoms with Crippen LogP contribution in [0, 0.1) is 0 Å². The number of amides is 1. The molecule has 0 spiro atoms. The Labute approximate surface area is 85.3 Å². The number of carbonyl (C=O) groups is 1. The van der Waals surface area contributed by atoms with Crippen LogP contribution in [0.5, 0.6) is 0 Å². The van der Waals surface area contributed by atoms with E-state index in [-0.39, 0.29) is 5.91 Å². The molecule has 76 valence electrons. The fourth-order valence-corrected chi connectivity index (χ4v) is 1.93. The van der Waals surface area contributed by atoms with Crippen molar-refractivity contribution in [2.24, 2.45) is 0 Å². The van der Waals surface area contributed by atoms with Gasteiger partial charge in [0, 0.05) is 19.1 Å². The monoisotopic (exact) mass is 202 g/mol. The lowest BCUT2D eigenvalue weighted by Crippen LogP contribution is -2.34. The molecule has 0 aromatic heterocycles. The summed E-state index contributed by atoms with van der Waals surface area (Å²) in [4.78, 5) is 13.3. The summed E-state index contributed by atoms with van der Waals surface area (Å²) in [6.07, 6.45) is 3.34. The van der Waals surface area contributed by atoms with E-state index in [2.05, 4.69) is 17.9 Å². The van der Waals surface area contributed by atoms with Crippen molar-refractivity contribution < 1.29 is 4.79 Å². The highest BCUT2D eigenvalue weighted by molar-refractivity contribution is 7.81. The van der Waals surface area contributed by atoms with Crippen LogP contribution in [0.4, 0.5) is 0 Å². The molecule has 0 aliphatic carbocycles. The van der Waals surface area contributed by atoms with E-state index >= 15 is 0 Å². The smallest absolute Gasteiger partial charge is 0.232 e. The van der Waals surface area contributed by atoms with Gasteiger partial charge in [-0.2, -0.15) is 12.6 Å². The topological polar surface area (TPSA) is 32.3 Å². The molecule has 1 atom stereocenters. The molecule has 3 nitrogen and oxygen atoms in total. The molecule has 1 aliphatic heterocycles. The Morgan fingerprint density at radius 3 is 2.92 bits per heavy atom. The molecule has 0 radical (unpaired) electrons. The lowest BCUT2D eigenvalue weighted by Gasteiger charge is -2.19. The van der Waals surface area contributed by atoms with Gasteiger partial charge in [-0.25, -0.2) is 0 Å². The third kappa shape index (κ3) is 3.19. The van der Waals surface area contributed by atoms with Crippen LogP contribution in [0.1, 0.15) is 19.3 Å². The fourth-order valence-electron chi connectivity index (χ4n) is 1.73. The molecule has 1 saturated heterocycles. The molecule has 1 heterocycles. The quantitative estimate of drug-likeness (QED) is 0.640. The summed E-state index contributed by atoms with van der Waals surface area (Å²) in [6.45, 7) is 1.78. The minimum atomic E-state index is 0.167. The first-order valence-electron chi connectivity index (χ1n) is 4.84. The van der Waals surface area contributed by atoms with E-state index < -0.39 is 0 Å². The summed E-state index contributed by atoms with van der Waals surface area (Å²) in [5.74, 6) is 0.504. The van der Waals surface area contributed by atoms with E-state index in [1.54, 1.807) is 0 Å². The predicted molar refractivity (Wildman–Crippen MR) is 57.1 cm³/mol. The Morgan fingerprint density at radius 2 is 2.31 bits per heavy atom. The Balaban J connectivity index is 2.40. The van der Waals surface area contributed by atoms with E-state index in [1.165, 1.54) is 6.42 Å². The number of nitrogens with one attached hydrogen (secondary N) is 1. The van der Waals surface area contributed by atoms with Gasteiger partial charge in [-0.1, -0.05) is 0 Å². The average molecular weight is 202 g/mol. The van der Waals surface area contributed by atoms with Crippen LogP contribution in [-0.4, -0.2) is 42.7 Å². The molecule has 0 aromatic rings. The molecule has 4 heteroatoms. The summed E-state index contributed by atoms with van der Waals surface area (Å²) in [7, 11) is 1.99. The van der Waals surface area contributed by atoms with Crippen molar-refractivity contribution in [3.8, 4) is 0 Å². The lowest BCUT2D eigenvalue weighted by molar-refractivity contribution is -0.128. The largest absolute Gasteiger partial charge is 0.342 e. The van der Waals surface area contributed by atoms with E-state index in [0.29, 0.717) is 11.8 Å². The zero-order valence-corrected chi connectivity index (χ0v) is 9.02. The van der Waals surface area contributed by atoms with Gasteiger partial charge in [-0.15, -0.1) is 0 Å². The van der Waals surface area contributed by atoms with Gasteiger partial charge in [0.25, 0.3) is 0 Å². The second-order valence-corrected chi connectivity index (χ2v) is 3.77. The first kappa shape index (κ1) is 10.9. The average Bonchev–Trinajstić information content (AvgIpc) is 2.41. The molecule has 1 amide bonds. The summed E-state index contributed by atoms with van der Waals surface area (Å²) >= 11 is 4.00. The summed E-state index contributed by atoms with van der Waals surface area (Å²) < 4.78 is 0. The van der Waals surface area contributed by atoms with Crippen LogP contribution < -0.4 is 5.32 Å². The van der Waals surface area contributed by atoms with Gasteiger partial charge >= 0.3 is 0 Å². The minimum absolute atomic E-state index is 0.167. The maximum atomic E-state index is 11.3. The molecular weight excluding hydrogens is 184 g/mol. The second-order valence-electron chi connectivity index (χ2n) is 3.46. The van der Waals surface area contributed by atoms with Crippen molar-refractivity contribution in [3.05, 3.63) is 0 Å². The first-order valence-corrected chi connectivity index (χ1v) is 5.47. The number of carbonyl (C=O) groups excluding carboxylic acids is 1. The van der Waals surface area contributed by atoms with Crippen LogP contribution in [0.15, 0.2) is 0 Å². The maximum Gasteiger partial charge on any atom is 0.232 e. The lowest BCUT2D eigenvalue weighted by atomic mass is 10.1. The molecule has 1 aliphatic rings. The van der Waals surface area contributed by atoms with E-state index in [0.717, 1.165) is 25.9 Å². The third-order valence-electron chi connectivity index (χ3n) is 2.62. The predicted octanol–water partition coefficient (Wildman–Crippen LogP) is 0.517. The van der Waals surface area contributed by atoms with Gasteiger partial charge in [0.2, 0.25) is 5.91 Å². The third-order valence-corrected chi connectivity index (χ3v) is 2.89. The fraction of sp³-hybridized carbons (Fsp3) is 0.889. The number of nitrogens with zero attached hydrogens (tertiary/aromatic N) is 1. The highest BCUT2D eigenvalue weighted by Crippen LogP contribution is 2.10. The standard InChI is InChI=1S/C9H18N2OS/c1-10-8-3-2-5-11(6-4-8)9(12)7-13/h8,10,13H,2-7H2,1H3. The molecule has 13 heavy (non-hydrogen) atoms. The van der Waals surface area contributed by atoms with Crippen LogP contribution in [-0.2, 0) is 4.79 Å². The zero-order chi connectivity index (χ0) is 9.68. The minimum Gasteiger partial charge on any atom is -0.342 e. The van der Waals surface area contributed by atoms with Crippen molar-refractivity contribution in [1.29, 1.82) is 0 Å². The number of thiol groups is 1. The van der Waals surface area contributed by atoms with Crippen molar-refractivity contribution in [3.63, 3.8) is 0 Å². The zero-order valence-electron chi connectivity index (χ0n) is 8.12. The normalized spacial score (nSPS) is 24.2. The van der Waals surface area contributed by atoms with E-state index in [9.17, 15) is 4.79 Å². The van der Waals surface area contributed by atoms with Crippen molar-refractivity contribution in [1.82, 2.24) is 10.2 Å². The first-order chi connectivity index (χ1) is 6.27. The Bertz CT molecular complexity index is 175. The maximum absolute atomic E-state index is 11.3. The van der Waals surface area contributed by atoms with Gasteiger partial charge < -0.3 is 10.2 Å². The van der Waals surface area contributed by atoms with Crippen molar-refractivity contribution in [2.45, 2.75) is 25.3 Å². The van der Waals surface area contributed by atoms with Gasteiger partial charge in [0.1, 0.15) is 0 Å². The molecule has 0 bridgehead atoms. The van der Waals surface area contributed by atoms with Crippen LogP contribution >= 0.6 is 12.6 Å². The van der Waals surface area contributed by atoms with E-state index in [4.69, 9.17) is 0 Å². The Kier molecular flexibility index (Phi) is 4.59. The summed E-state index contributed by atoms with van der Waals surface area (Å²) in [5.41, 5.74) is 0. The highest BCUT2D eigenvalue weighted by atomic mass is 32.1. The molecule has 1 fully saturated rings. The van der Waals surface area contributed by atoms with Gasteiger partial charge in [0.15, 0.2) is 0 Å². The number of hydrogen-bond donors (Lipinski definition) is 2. The van der Waals surface area contributed by atoms with Crippen LogP contribution in [0.25, 0.3) is 0 Å². The molecule has 1 rings (SSSR count). The molecular formula is C9H18N2OS. The number of likely N-dealkylation sites (tertiary alicyclic amines) is 1. The van der Waals surface area contributed by atoms with Gasteiger partial charge in [-0.3, -0.25) is 4.79 Å². The number of hydrogen-bond acceptors (Lipinski definition) is 3. The molecule has 1 unspecified atom stereocenters.